The molecule has 2 aromatic rings. The summed E-state index contributed by atoms with van der Waals surface area (Å²) < 4.78 is 5.09. The van der Waals surface area contributed by atoms with Gasteiger partial charge in [-0.3, -0.25) is 14.5 Å². The molecule has 0 spiro atoms. The maximum absolute atomic E-state index is 12.6. The van der Waals surface area contributed by atoms with E-state index in [-0.39, 0.29) is 17.6 Å². The summed E-state index contributed by atoms with van der Waals surface area (Å²) in [7, 11) is 0. The zero-order chi connectivity index (χ0) is 19.4. The predicted octanol–water partition coefficient (Wildman–Crippen LogP) is 3.75. The van der Waals surface area contributed by atoms with E-state index in [1.807, 2.05) is 13.0 Å². The number of piperidine rings is 1. The van der Waals surface area contributed by atoms with Crippen molar-refractivity contribution in [2.75, 3.05) is 25.0 Å². The van der Waals surface area contributed by atoms with E-state index < -0.39 is 0 Å². The van der Waals surface area contributed by atoms with E-state index in [4.69, 9.17) is 4.42 Å². The molecule has 1 aliphatic rings. The highest BCUT2D eigenvalue weighted by Crippen LogP contribution is 2.27. The predicted molar refractivity (Wildman–Crippen MR) is 107 cm³/mol. The lowest BCUT2D eigenvalue weighted by molar-refractivity contribution is 0.0920. The number of rotatable bonds is 6. The molecule has 1 aliphatic heterocycles. The highest BCUT2D eigenvalue weighted by Gasteiger charge is 2.22. The number of aryl methyl sites for hydroxylation is 1. The second kappa shape index (κ2) is 8.71. The van der Waals surface area contributed by atoms with E-state index in [1.165, 1.54) is 30.4 Å². The first-order valence-corrected chi connectivity index (χ1v) is 10.2. The van der Waals surface area contributed by atoms with Crippen molar-refractivity contribution in [3.8, 4) is 0 Å². The summed E-state index contributed by atoms with van der Waals surface area (Å²) in [6, 6.07) is 5.40. The third kappa shape index (κ3) is 4.99. The highest BCUT2D eigenvalue weighted by molar-refractivity contribution is 7.18. The zero-order valence-corrected chi connectivity index (χ0v) is 16.9. The van der Waals surface area contributed by atoms with Crippen LogP contribution in [0.2, 0.25) is 0 Å². The lowest BCUT2D eigenvalue weighted by atomic mass is 9.99. The third-order valence-electron chi connectivity index (χ3n) is 4.98. The molecule has 2 amide bonds. The maximum atomic E-state index is 12.6. The number of carbonyl (C=O) groups excluding carboxylic acids is 2. The zero-order valence-electron chi connectivity index (χ0n) is 16.1. The monoisotopic (exact) mass is 389 g/mol. The van der Waals surface area contributed by atoms with E-state index in [0.29, 0.717) is 22.5 Å². The quantitative estimate of drug-likeness (QED) is 0.789. The minimum Gasteiger partial charge on any atom is -0.459 e. The Kier molecular flexibility index (Phi) is 6.34. The van der Waals surface area contributed by atoms with Crippen LogP contribution in [0.1, 0.15) is 52.5 Å². The van der Waals surface area contributed by atoms with Crippen LogP contribution in [0, 0.1) is 12.8 Å². The van der Waals surface area contributed by atoms with Gasteiger partial charge in [0, 0.05) is 19.1 Å². The number of amides is 2. The number of hydrogen-bond acceptors (Lipinski definition) is 5. The second-order valence-corrected chi connectivity index (χ2v) is 8.41. The molecule has 0 radical (unpaired) electrons. The van der Waals surface area contributed by atoms with Gasteiger partial charge in [-0.05, 0) is 62.9 Å². The minimum atomic E-state index is -0.318. The second-order valence-electron chi connectivity index (χ2n) is 7.36. The number of carbonyl (C=O) groups is 2. The van der Waals surface area contributed by atoms with Crippen molar-refractivity contribution in [3.63, 3.8) is 0 Å². The molecule has 6 nitrogen and oxygen atoms in total. The van der Waals surface area contributed by atoms with Gasteiger partial charge in [0.1, 0.15) is 0 Å². The van der Waals surface area contributed by atoms with Gasteiger partial charge < -0.3 is 15.1 Å². The van der Waals surface area contributed by atoms with Crippen molar-refractivity contribution in [2.45, 2.75) is 39.7 Å². The molecular weight excluding hydrogens is 362 g/mol. The topological polar surface area (TPSA) is 74.6 Å². The van der Waals surface area contributed by atoms with Crippen LogP contribution < -0.4 is 10.6 Å². The Hall–Kier alpha value is -2.12. The van der Waals surface area contributed by atoms with Crippen LogP contribution in [-0.4, -0.2) is 42.4 Å². The number of likely N-dealkylation sites (tertiary alicyclic amines) is 1. The van der Waals surface area contributed by atoms with Gasteiger partial charge in [0.25, 0.3) is 11.8 Å². The van der Waals surface area contributed by atoms with E-state index in [0.717, 1.165) is 24.6 Å². The Morgan fingerprint density at radius 3 is 2.93 bits per heavy atom. The van der Waals surface area contributed by atoms with E-state index in [2.05, 4.69) is 29.4 Å². The van der Waals surface area contributed by atoms with Crippen molar-refractivity contribution in [1.29, 1.82) is 0 Å². The van der Waals surface area contributed by atoms with Crippen molar-refractivity contribution in [1.82, 2.24) is 10.2 Å². The Labute approximate surface area is 163 Å². The molecular formula is C20H27N3O3S. The van der Waals surface area contributed by atoms with Gasteiger partial charge in [-0.25, -0.2) is 0 Å². The number of nitrogens with one attached hydrogen (secondary N) is 2. The fourth-order valence-corrected chi connectivity index (χ4v) is 4.41. The van der Waals surface area contributed by atoms with Crippen LogP contribution >= 0.6 is 11.3 Å². The van der Waals surface area contributed by atoms with Crippen LogP contribution in [0.15, 0.2) is 28.9 Å². The van der Waals surface area contributed by atoms with Crippen LogP contribution in [0.4, 0.5) is 5.00 Å². The molecule has 2 N–H and O–H groups in total. The Morgan fingerprint density at radius 2 is 2.22 bits per heavy atom. The molecule has 0 aliphatic carbocycles. The molecule has 3 rings (SSSR count). The molecule has 1 fully saturated rings. The van der Waals surface area contributed by atoms with Gasteiger partial charge in [0.2, 0.25) is 0 Å². The van der Waals surface area contributed by atoms with Gasteiger partial charge in [-0.15, -0.1) is 11.3 Å². The fourth-order valence-electron chi connectivity index (χ4n) is 3.43. The summed E-state index contributed by atoms with van der Waals surface area (Å²) in [6.07, 6.45) is 3.97. The number of anilines is 1. The normalized spacial score (nSPS) is 18.9. The molecule has 0 aromatic carbocycles. The Balaban J connectivity index is 1.55. The van der Waals surface area contributed by atoms with Crippen molar-refractivity contribution < 1.29 is 14.0 Å². The number of hydrogen-bond donors (Lipinski definition) is 2. The van der Waals surface area contributed by atoms with Crippen molar-refractivity contribution in [3.05, 3.63) is 40.7 Å². The molecule has 27 heavy (non-hydrogen) atoms. The largest absolute Gasteiger partial charge is 0.459 e. The number of nitrogens with zero attached hydrogens (tertiary/aromatic N) is 1. The number of furan rings is 1. The van der Waals surface area contributed by atoms with Crippen molar-refractivity contribution >= 4 is 28.2 Å². The first kappa shape index (κ1) is 19.6. The summed E-state index contributed by atoms with van der Waals surface area (Å²) >= 11 is 1.28. The molecule has 1 saturated heterocycles. The lowest BCUT2D eigenvalue weighted by Crippen LogP contribution is -2.46. The van der Waals surface area contributed by atoms with Gasteiger partial charge in [0.15, 0.2) is 5.76 Å². The van der Waals surface area contributed by atoms with Crippen LogP contribution in [0.5, 0.6) is 0 Å². The van der Waals surface area contributed by atoms with E-state index in [9.17, 15) is 9.59 Å². The van der Waals surface area contributed by atoms with E-state index in [1.54, 1.807) is 12.1 Å². The lowest BCUT2D eigenvalue weighted by Gasteiger charge is -2.35. The summed E-state index contributed by atoms with van der Waals surface area (Å²) in [6.45, 7) is 9.14. The third-order valence-corrected chi connectivity index (χ3v) is 6.13. The minimum absolute atomic E-state index is 0.0899. The molecule has 2 aromatic heterocycles. The molecule has 0 unspecified atom stereocenters. The first-order valence-electron chi connectivity index (χ1n) is 9.41. The van der Waals surface area contributed by atoms with Gasteiger partial charge >= 0.3 is 0 Å². The molecule has 0 bridgehead atoms. The molecule has 0 saturated carbocycles. The van der Waals surface area contributed by atoms with Crippen LogP contribution in [0.3, 0.4) is 0 Å². The standard InChI is InChI=1S/C20H27N3O3S/c1-13-6-4-8-23(12-13)15(3)11-21-20(25)18-14(2)10-17(27-18)22-19(24)16-7-5-9-26-16/h5,7,9-10,13,15H,4,6,8,11-12H2,1-3H3,(H,21,25)(H,22,24)/t13-,15-/m1/s1. The first-order chi connectivity index (χ1) is 12.9. The summed E-state index contributed by atoms with van der Waals surface area (Å²) in [5.74, 6) is 0.558. The van der Waals surface area contributed by atoms with Crippen LogP contribution in [-0.2, 0) is 0 Å². The van der Waals surface area contributed by atoms with Gasteiger partial charge in [-0.1, -0.05) is 6.92 Å². The summed E-state index contributed by atoms with van der Waals surface area (Å²) in [5, 5.41) is 6.46. The van der Waals surface area contributed by atoms with Gasteiger partial charge in [0.05, 0.1) is 16.1 Å². The van der Waals surface area contributed by atoms with E-state index >= 15 is 0 Å². The SMILES string of the molecule is Cc1cc(NC(=O)c2ccco2)sc1C(=O)NC[C@@H](C)N1CCC[C@@H](C)C1. The molecule has 2 atom stereocenters. The smallest absolute Gasteiger partial charge is 0.291 e. The maximum Gasteiger partial charge on any atom is 0.291 e. The average Bonchev–Trinajstić information content (AvgIpc) is 3.29. The highest BCUT2D eigenvalue weighted by atomic mass is 32.1. The molecule has 3 heterocycles. The fraction of sp³-hybridized carbons (Fsp3) is 0.500. The van der Waals surface area contributed by atoms with Gasteiger partial charge in [-0.2, -0.15) is 0 Å². The van der Waals surface area contributed by atoms with Crippen LogP contribution in [0.25, 0.3) is 0 Å². The molecule has 7 heteroatoms. The Morgan fingerprint density at radius 1 is 1.41 bits per heavy atom. The number of thiophene rings is 1. The summed E-state index contributed by atoms with van der Waals surface area (Å²) in [4.78, 5) is 27.8. The molecule has 146 valence electrons. The Bertz CT molecular complexity index is 785. The van der Waals surface area contributed by atoms with Crippen molar-refractivity contribution in [2.24, 2.45) is 5.92 Å². The average molecular weight is 390 g/mol. The summed E-state index contributed by atoms with van der Waals surface area (Å²) in [5.41, 5.74) is 0.853.